The molecule has 0 unspecified atom stereocenters. The van der Waals surface area contributed by atoms with Gasteiger partial charge in [-0.15, -0.1) is 0 Å². The third kappa shape index (κ3) is 4.36. The fraction of sp³-hybridized carbons (Fsp3) is 0.158. The number of hydrogen-bond donors (Lipinski definition) is 1. The number of amides is 1. The molecule has 0 aliphatic carbocycles. The number of nitrogens with one attached hydrogen (secondary N) is 1. The third-order valence-corrected chi connectivity index (χ3v) is 3.86. The topological polar surface area (TPSA) is 93.3 Å². The van der Waals surface area contributed by atoms with Gasteiger partial charge in [-0.05, 0) is 24.3 Å². The van der Waals surface area contributed by atoms with E-state index < -0.39 is 4.92 Å². The van der Waals surface area contributed by atoms with Gasteiger partial charge in [-0.3, -0.25) is 20.3 Å². The number of nitrogens with zero attached hydrogens (tertiary/aromatic N) is 4. The summed E-state index contributed by atoms with van der Waals surface area (Å²) < 4.78 is 1.70. The van der Waals surface area contributed by atoms with Crippen LogP contribution in [0.2, 0.25) is 0 Å². The first-order chi connectivity index (χ1) is 12.9. The summed E-state index contributed by atoms with van der Waals surface area (Å²) in [5.74, 6) is -0.171. The Morgan fingerprint density at radius 2 is 1.81 bits per heavy atom. The highest BCUT2D eigenvalue weighted by atomic mass is 16.6. The van der Waals surface area contributed by atoms with Crippen LogP contribution in [0.1, 0.15) is 5.56 Å². The van der Waals surface area contributed by atoms with E-state index in [9.17, 15) is 14.9 Å². The molecule has 1 amide bonds. The third-order valence-electron chi connectivity index (χ3n) is 3.86. The second-order valence-electron chi connectivity index (χ2n) is 6.19. The molecule has 0 bridgehead atoms. The second-order valence-corrected chi connectivity index (χ2v) is 6.19. The van der Waals surface area contributed by atoms with Crippen LogP contribution in [0.4, 0.5) is 5.69 Å². The lowest BCUT2D eigenvalue weighted by Crippen LogP contribution is -2.37. The van der Waals surface area contributed by atoms with Gasteiger partial charge in [0.1, 0.15) is 0 Å². The molecule has 8 heteroatoms. The van der Waals surface area contributed by atoms with Gasteiger partial charge in [0.15, 0.2) is 0 Å². The van der Waals surface area contributed by atoms with Crippen molar-refractivity contribution in [2.24, 2.45) is 0 Å². The smallest absolute Gasteiger partial charge is 0.269 e. The first-order valence-electron chi connectivity index (χ1n) is 8.29. The Kier molecular flexibility index (Phi) is 5.28. The minimum atomic E-state index is -0.447. The minimum Gasteiger partial charge on any atom is -0.289 e. The maximum atomic E-state index is 12.2. The van der Waals surface area contributed by atoms with Gasteiger partial charge in [-0.1, -0.05) is 18.2 Å². The van der Waals surface area contributed by atoms with Crippen molar-refractivity contribution in [2.45, 2.75) is 6.42 Å². The van der Waals surface area contributed by atoms with Crippen LogP contribution in [-0.4, -0.2) is 39.7 Å². The minimum absolute atomic E-state index is 0.00754. The summed E-state index contributed by atoms with van der Waals surface area (Å²) in [6.07, 6.45) is 1.94. The summed E-state index contributed by atoms with van der Waals surface area (Å²) in [7, 11) is 3.48. The lowest BCUT2D eigenvalue weighted by molar-refractivity contribution is -0.384. The Balaban J connectivity index is 2.00. The molecule has 0 aliphatic rings. The average Bonchev–Trinajstić information content (AvgIpc) is 3.05. The molecule has 0 atom stereocenters. The molecular formula is C19H19N5O3. The van der Waals surface area contributed by atoms with Crippen LogP contribution >= 0.6 is 0 Å². The highest BCUT2D eigenvalue weighted by Crippen LogP contribution is 2.26. The molecule has 0 radical (unpaired) electrons. The summed E-state index contributed by atoms with van der Waals surface area (Å²) in [6, 6.07) is 15.7. The first kappa shape index (κ1) is 18.3. The number of rotatable bonds is 6. The maximum absolute atomic E-state index is 12.2. The lowest BCUT2D eigenvalue weighted by atomic mass is 10.1. The predicted molar refractivity (Wildman–Crippen MR) is 101 cm³/mol. The summed E-state index contributed by atoms with van der Waals surface area (Å²) in [6.45, 7) is 0. The van der Waals surface area contributed by atoms with Gasteiger partial charge >= 0.3 is 0 Å². The second kappa shape index (κ2) is 7.79. The molecule has 0 aliphatic heterocycles. The Hall–Kier alpha value is -3.52. The number of carbonyl (C=O) groups is 1. The van der Waals surface area contributed by atoms with E-state index in [4.69, 9.17) is 0 Å². The fourth-order valence-electron chi connectivity index (χ4n) is 2.70. The Morgan fingerprint density at radius 1 is 1.15 bits per heavy atom. The van der Waals surface area contributed by atoms with Crippen molar-refractivity contribution in [1.29, 1.82) is 0 Å². The van der Waals surface area contributed by atoms with Crippen molar-refractivity contribution >= 4 is 11.6 Å². The molecule has 8 nitrogen and oxygen atoms in total. The van der Waals surface area contributed by atoms with Crippen LogP contribution in [0.15, 0.2) is 60.8 Å². The molecule has 0 spiro atoms. The van der Waals surface area contributed by atoms with Gasteiger partial charge < -0.3 is 0 Å². The number of nitro benzene ring substituents is 1. The molecular weight excluding hydrogens is 346 g/mol. The number of hydrazine groups is 1. The highest BCUT2D eigenvalue weighted by molar-refractivity contribution is 5.80. The molecule has 1 N–H and O–H groups in total. The molecule has 0 saturated carbocycles. The van der Waals surface area contributed by atoms with Crippen LogP contribution < -0.4 is 5.43 Å². The molecule has 0 saturated heterocycles. The summed E-state index contributed by atoms with van der Waals surface area (Å²) in [4.78, 5) is 22.7. The zero-order chi connectivity index (χ0) is 19.4. The van der Waals surface area contributed by atoms with Gasteiger partial charge in [0, 0.05) is 43.6 Å². The molecule has 138 valence electrons. The van der Waals surface area contributed by atoms with Crippen molar-refractivity contribution in [2.75, 3.05) is 14.1 Å². The normalized spacial score (nSPS) is 10.8. The van der Waals surface area contributed by atoms with E-state index >= 15 is 0 Å². The standard InChI is InChI=1S/C19H19N5O3/c1-22(2)20-18(25)12-15-13-23(16-6-4-3-5-7-16)21-19(15)14-8-10-17(11-9-14)24(26)27/h3-11,13H,12H2,1-2H3,(H,20,25). The van der Waals surface area contributed by atoms with E-state index in [1.165, 1.54) is 12.1 Å². The number of carbonyl (C=O) groups excluding carboxylic acids is 1. The fourth-order valence-corrected chi connectivity index (χ4v) is 2.70. The molecule has 1 aromatic heterocycles. The summed E-state index contributed by atoms with van der Waals surface area (Å²) in [5.41, 5.74) is 5.63. The predicted octanol–water partition coefficient (Wildman–Crippen LogP) is 2.58. The van der Waals surface area contributed by atoms with Crippen molar-refractivity contribution in [3.63, 3.8) is 0 Å². The van der Waals surface area contributed by atoms with E-state index in [0.29, 0.717) is 11.3 Å². The van der Waals surface area contributed by atoms with E-state index in [0.717, 1.165) is 11.3 Å². The zero-order valence-electron chi connectivity index (χ0n) is 15.0. The van der Waals surface area contributed by atoms with Crippen LogP contribution in [0.25, 0.3) is 16.9 Å². The quantitative estimate of drug-likeness (QED) is 0.535. The summed E-state index contributed by atoms with van der Waals surface area (Å²) in [5, 5.41) is 17.1. The summed E-state index contributed by atoms with van der Waals surface area (Å²) >= 11 is 0. The molecule has 27 heavy (non-hydrogen) atoms. The molecule has 2 aromatic carbocycles. The number of nitro groups is 1. The van der Waals surface area contributed by atoms with Crippen molar-refractivity contribution < 1.29 is 9.72 Å². The van der Waals surface area contributed by atoms with Crippen LogP contribution in [0.5, 0.6) is 0 Å². The highest BCUT2D eigenvalue weighted by Gasteiger charge is 2.16. The SMILES string of the molecule is CN(C)NC(=O)Cc1cn(-c2ccccc2)nc1-c1ccc([N+](=O)[O-])cc1. The number of aromatic nitrogens is 2. The van der Waals surface area contributed by atoms with Crippen LogP contribution in [0, 0.1) is 10.1 Å². The monoisotopic (exact) mass is 365 g/mol. The Morgan fingerprint density at radius 3 is 2.41 bits per heavy atom. The van der Waals surface area contributed by atoms with E-state index in [2.05, 4.69) is 10.5 Å². The Bertz CT molecular complexity index is 949. The average molecular weight is 365 g/mol. The number of benzene rings is 2. The van der Waals surface area contributed by atoms with Crippen LogP contribution in [0.3, 0.4) is 0 Å². The number of non-ortho nitro benzene ring substituents is 1. The van der Waals surface area contributed by atoms with Gasteiger partial charge in [0.05, 0.1) is 22.7 Å². The largest absolute Gasteiger partial charge is 0.289 e. The van der Waals surface area contributed by atoms with Gasteiger partial charge in [-0.25, -0.2) is 9.69 Å². The molecule has 0 fully saturated rings. The lowest BCUT2D eigenvalue weighted by Gasteiger charge is -2.11. The molecule has 1 heterocycles. The van der Waals surface area contributed by atoms with E-state index in [-0.39, 0.29) is 18.0 Å². The zero-order valence-corrected chi connectivity index (χ0v) is 15.0. The van der Waals surface area contributed by atoms with Crippen molar-refractivity contribution in [3.05, 3.63) is 76.5 Å². The Labute approximate surface area is 156 Å². The van der Waals surface area contributed by atoms with Crippen molar-refractivity contribution in [1.82, 2.24) is 20.2 Å². The van der Waals surface area contributed by atoms with Crippen LogP contribution in [-0.2, 0) is 11.2 Å². The van der Waals surface area contributed by atoms with E-state index in [1.807, 2.05) is 30.3 Å². The molecule has 3 aromatic rings. The van der Waals surface area contributed by atoms with Gasteiger partial charge in [0.25, 0.3) is 5.69 Å². The van der Waals surface area contributed by atoms with E-state index in [1.54, 1.807) is 42.1 Å². The maximum Gasteiger partial charge on any atom is 0.269 e. The van der Waals surface area contributed by atoms with Gasteiger partial charge in [0.2, 0.25) is 5.91 Å². The number of para-hydroxylation sites is 1. The molecule has 3 rings (SSSR count). The first-order valence-corrected chi connectivity index (χ1v) is 8.29. The number of hydrogen-bond acceptors (Lipinski definition) is 5. The van der Waals surface area contributed by atoms with Crippen molar-refractivity contribution in [3.8, 4) is 16.9 Å². The van der Waals surface area contributed by atoms with Gasteiger partial charge in [-0.2, -0.15) is 5.10 Å².